The zero-order valence-electron chi connectivity index (χ0n) is 32.7. The maximum Gasteiger partial charge on any atom is 0.296 e. The zero-order valence-corrected chi connectivity index (χ0v) is 36.0. The van der Waals surface area contributed by atoms with Crippen molar-refractivity contribution in [2.45, 2.75) is 30.1 Å². The Kier molecular flexibility index (Phi) is 15.3. The third-order valence-electron chi connectivity index (χ3n) is 8.15. The zero-order chi connectivity index (χ0) is 46.1. The molecule has 0 spiro atoms. The van der Waals surface area contributed by atoms with E-state index in [1.54, 1.807) is 62.4 Å². The van der Waals surface area contributed by atoms with Gasteiger partial charge in [-0.1, -0.05) is 17.2 Å². The number of ether oxygens (including phenoxy) is 1. The van der Waals surface area contributed by atoms with Gasteiger partial charge in [-0.25, -0.2) is 10.2 Å². The lowest BCUT2D eigenvalue weighted by Gasteiger charge is -2.12. The first-order chi connectivity index (χ1) is 29.7. The number of rotatable bonds is 15. The second-order valence-corrected chi connectivity index (χ2v) is 18.0. The van der Waals surface area contributed by atoms with E-state index in [0.717, 1.165) is 18.1 Å². The summed E-state index contributed by atoms with van der Waals surface area (Å²) in [5.74, 6) is -0.920. The van der Waals surface area contributed by atoms with Crippen LogP contribution in [0.15, 0.2) is 119 Å². The molecular formula is C36H33N9O14S4. The molecule has 0 saturated heterocycles. The van der Waals surface area contributed by atoms with E-state index in [1.165, 1.54) is 28.7 Å². The second kappa shape index (κ2) is 20.2. The summed E-state index contributed by atoms with van der Waals surface area (Å²) in [5, 5.41) is 58.1. The van der Waals surface area contributed by atoms with E-state index in [0.29, 0.717) is 39.0 Å². The summed E-state index contributed by atoms with van der Waals surface area (Å²) in [5.41, 5.74) is 2.54. The van der Waals surface area contributed by atoms with E-state index in [1.807, 2.05) is 0 Å². The molecule has 0 unspecified atom stereocenters. The highest BCUT2D eigenvalue weighted by atomic mass is 32.2. The number of imidazole rings is 1. The third-order valence-corrected chi connectivity index (χ3v) is 10.4. The lowest BCUT2D eigenvalue weighted by atomic mass is 10.1. The van der Waals surface area contributed by atoms with Gasteiger partial charge in [0.2, 0.25) is 5.88 Å². The van der Waals surface area contributed by atoms with Crippen molar-refractivity contribution >= 4 is 93.2 Å². The summed E-state index contributed by atoms with van der Waals surface area (Å²) in [4.78, 5) is 4.44. The van der Waals surface area contributed by atoms with Crippen LogP contribution in [0.1, 0.15) is 23.1 Å². The minimum Gasteiger partial charge on any atom is -0.493 e. The Balaban J connectivity index is 0.00000141. The fraction of sp³-hybridized carbons (Fsp3) is 0.167. The molecule has 0 bridgehead atoms. The van der Waals surface area contributed by atoms with Gasteiger partial charge >= 0.3 is 0 Å². The van der Waals surface area contributed by atoms with E-state index in [4.69, 9.17) is 14.5 Å². The molecule has 0 radical (unpaired) electrons. The summed E-state index contributed by atoms with van der Waals surface area (Å²) in [6.45, 7) is 2.99. The van der Waals surface area contributed by atoms with Crippen LogP contribution >= 0.6 is 12.0 Å². The number of azo groups is 3. The van der Waals surface area contributed by atoms with Gasteiger partial charge in [0, 0.05) is 16.5 Å². The smallest absolute Gasteiger partial charge is 0.296 e. The molecule has 0 saturated carbocycles. The molecule has 27 heteroatoms. The van der Waals surface area contributed by atoms with Crippen molar-refractivity contribution in [2.24, 2.45) is 30.7 Å². The molecule has 0 fully saturated rings. The second-order valence-electron chi connectivity index (χ2n) is 12.8. The standard InChI is InChI=1S/C35H29N9O11S3.CH4O3S/c1-20-16-29(42-43-33-21(2)25(19-36)34-37-26-6-3-4-7-30(26)44(34)35(33)45)31(53-14-5-15-57(47,48)49)18-28(20)41-40-27-13-10-23(17-32(27)58(50,51)52)39-38-22-8-11-24(12-9-22)56-55-54-46;1-5(2,3)4/h3-4,6-13,16-18,45-46H,5,14-15H2,1-2H3,(H,47,48,49)(H,50,51,52);1H3,(H,2,3,4). The van der Waals surface area contributed by atoms with Crippen molar-refractivity contribution in [3.63, 3.8) is 0 Å². The molecular weight excluding hydrogens is 911 g/mol. The van der Waals surface area contributed by atoms with Gasteiger partial charge < -0.3 is 9.84 Å². The highest BCUT2D eigenvalue weighted by Crippen LogP contribution is 2.41. The molecule has 0 atom stereocenters. The molecule has 2 aromatic heterocycles. The largest absolute Gasteiger partial charge is 0.493 e. The summed E-state index contributed by atoms with van der Waals surface area (Å²) in [6.07, 6.45) is 0.601. The molecule has 0 aliphatic carbocycles. The number of nitrogens with zero attached hydrogens (tertiary/aromatic N) is 9. The molecule has 330 valence electrons. The van der Waals surface area contributed by atoms with Gasteiger partial charge in [-0.3, -0.25) is 18.1 Å². The highest BCUT2D eigenvalue weighted by Gasteiger charge is 2.22. The summed E-state index contributed by atoms with van der Waals surface area (Å²) in [6, 6.07) is 22.0. The van der Waals surface area contributed by atoms with Crippen LogP contribution in [0.2, 0.25) is 0 Å². The van der Waals surface area contributed by atoms with Gasteiger partial charge in [0.1, 0.15) is 33.7 Å². The Morgan fingerprint density at radius 2 is 1.44 bits per heavy atom. The molecule has 5 N–H and O–H groups in total. The van der Waals surface area contributed by atoms with Crippen molar-refractivity contribution in [2.75, 3.05) is 18.6 Å². The Labute approximate surface area is 362 Å². The van der Waals surface area contributed by atoms with Crippen LogP contribution in [-0.2, 0) is 39.7 Å². The predicted octanol–water partition coefficient (Wildman–Crippen LogP) is 8.76. The lowest BCUT2D eigenvalue weighted by molar-refractivity contribution is -0.432. The first-order valence-corrected chi connectivity index (χ1v) is 23.1. The lowest BCUT2D eigenvalue weighted by Crippen LogP contribution is -2.08. The van der Waals surface area contributed by atoms with Crippen molar-refractivity contribution < 1.29 is 63.4 Å². The van der Waals surface area contributed by atoms with Gasteiger partial charge in [0.25, 0.3) is 30.4 Å². The summed E-state index contributed by atoms with van der Waals surface area (Å²) >= 11 is 0.742. The predicted molar refractivity (Wildman–Crippen MR) is 225 cm³/mol. The Bertz CT molecular complexity index is 3150. The number of hydrogen-bond acceptors (Lipinski definition) is 20. The van der Waals surface area contributed by atoms with E-state index in [9.17, 15) is 44.7 Å². The molecule has 4 aromatic carbocycles. The van der Waals surface area contributed by atoms with Crippen LogP contribution < -0.4 is 4.74 Å². The van der Waals surface area contributed by atoms with E-state index >= 15 is 0 Å². The molecule has 6 rings (SSSR count). The first-order valence-electron chi connectivity index (χ1n) is 17.5. The normalized spacial score (nSPS) is 12.3. The number of aromatic hydroxyl groups is 1. The Morgan fingerprint density at radius 1 is 0.810 bits per heavy atom. The fourth-order valence-corrected chi connectivity index (χ4v) is 6.89. The number of nitriles is 1. The minimum absolute atomic E-state index is 0.0112. The van der Waals surface area contributed by atoms with Crippen molar-refractivity contribution in [3.8, 4) is 17.7 Å². The maximum absolute atomic E-state index is 12.4. The number of hydrogen-bond donors (Lipinski definition) is 5. The molecule has 0 aliphatic heterocycles. The Hall–Kier alpha value is -6.32. The molecule has 23 nitrogen and oxygen atoms in total. The highest BCUT2D eigenvalue weighted by molar-refractivity contribution is 7.94. The van der Waals surface area contributed by atoms with Crippen LogP contribution in [-0.4, -0.2) is 77.3 Å². The topological polar surface area (TPSA) is 347 Å². The van der Waals surface area contributed by atoms with Gasteiger partial charge in [0.05, 0.1) is 58.8 Å². The number of fused-ring (bicyclic) bond motifs is 3. The van der Waals surface area contributed by atoms with Crippen molar-refractivity contribution in [3.05, 3.63) is 95.6 Å². The van der Waals surface area contributed by atoms with Crippen LogP contribution in [0, 0.1) is 25.2 Å². The maximum atomic E-state index is 12.4. The van der Waals surface area contributed by atoms with Crippen LogP contribution in [0.5, 0.6) is 11.6 Å². The van der Waals surface area contributed by atoms with Crippen molar-refractivity contribution in [1.29, 1.82) is 5.26 Å². The van der Waals surface area contributed by atoms with Crippen molar-refractivity contribution in [1.82, 2.24) is 9.38 Å². The Morgan fingerprint density at radius 3 is 2.10 bits per heavy atom. The number of pyridine rings is 1. The van der Waals surface area contributed by atoms with Gasteiger partial charge in [-0.15, -0.1) is 19.7 Å². The molecule has 2 heterocycles. The summed E-state index contributed by atoms with van der Waals surface area (Å²) in [7, 11) is -12.8. The number of aryl methyl sites for hydroxylation is 1. The van der Waals surface area contributed by atoms with Crippen LogP contribution in [0.3, 0.4) is 0 Å². The molecule has 0 aliphatic rings. The molecule has 0 amide bonds. The van der Waals surface area contributed by atoms with E-state index in [-0.39, 0.29) is 64.3 Å². The quantitative estimate of drug-likeness (QED) is 0.0160. The van der Waals surface area contributed by atoms with Crippen LogP contribution in [0.4, 0.5) is 34.1 Å². The number of aromatic nitrogens is 2. The SMILES string of the molecule is CS(=O)(=O)O.Cc1cc(N=Nc2c(C)c(C#N)c3nc4ccccc4n3c2O)c(OCCCS(=O)(=O)O)cc1N=Nc1ccc(N=Nc2ccc(SOOO)cc2)cc1S(=O)(=O)O. The molecule has 63 heavy (non-hydrogen) atoms. The number of para-hydroxylation sites is 2. The van der Waals surface area contributed by atoms with Crippen LogP contribution in [0.25, 0.3) is 16.7 Å². The minimum atomic E-state index is -4.85. The third kappa shape index (κ3) is 13.1. The average Bonchev–Trinajstić information content (AvgIpc) is 3.60. The average molecular weight is 944 g/mol. The van der Waals surface area contributed by atoms with Gasteiger partial charge in [0.15, 0.2) is 11.3 Å². The first kappa shape index (κ1) is 47.7. The fourth-order valence-electron chi connectivity index (χ4n) is 5.41. The monoisotopic (exact) mass is 943 g/mol. The number of benzene rings is 4. The summed E-state index contributed by atoms with van der Waals surface area (Å²) < 4.78 is 104. The van der Waals surface area contributed by atoms with Gasteiger partial charge in [-0.05, 0) is 86.5 Å². The molecule has 6 aromatic rings. The van der Waals surface area contributed by atoms with E-state index < -0.39 is 41.0 Å². The van der Waals surface area contributed by atoms with Gasteiger partial charge in [-0.2, -0.15) is 45.9 Å². The van der Waals surface area contributed by atoms with E-state index in [2.05, 4.69) is 51.1 Å².